The van der Waals surface area contributed by atoms with Crippen LogP contribution in [0.25, 0.3) is 0 Å². The average molecular weight is 209 g/mol. The molecule has 1 N–H and O–H groups in total. The molecule has 0 aromatic heterocycles. The van der Waals surface area contributed by atoms with Crippen molar-refractivity contribution in [2.75, 3.05) is 12.4 Å². The summed E-state index contributed by atoms with van der Waals surface area (Å²) in [5.74, 6) is 0.637. The van der Waals surface area contributed by atoms with Gasteiger partial charge in [0, 0.05) is 0 Å². The number of para-hydroxylation sites is 2. The fourth-order valence-electron chi connectivity index (χ4n) is 1.09. The van der Waals surface area contributed by atoms with E-state index in [1.807, 2.05) is 26.0 Å². The third-order valence-corrected chi connectivity index (χ3v) is 1.67. The molecule has 1 aromatic carbocycles. The van der Waals surface area contributed by atoms with Crippen LogP contribution in [-0.4, -0.2) is 19.3 Å². The molecule has 0 saturated heterocycles. The predicted molar refractivity (Wildman–Crippen MR) is 58.2 cm³/mol. The van der Waals surface area contributed by atoms with Crippen LogP contribution in [0.1, 0.15) is 13.8 Å². The van der Waals surface area contributed by atoms with E-state index in [2.05, 4.69) is 10.1 Å². The van der Waals surface area contributed by atoms with Gasteiger partial charge in [0.15, 0.2) is 0 Å². The lowest BCUT2D eigenvalue weighted by Crippen LogP contribution is -2.13. The van der Waals surface area contributed by atoms with E-state index in [1.54, 1.807) is 12.1 Å². The Kier molecular flexibility index (Phi) is 3.97. The molecule has 1 rings (SSSR count). The molecule has 0 spiro atoms. The third-order valence-electron chi connectivity index (χ3n) is 1.67. The fourth-order valence-corrected chi connectivity index (χ4v) is 1.09. The topological polar surface area (TPSA) is 47.6 Å². The monoisotopic (exact) mass is 209 g/mol. The number of hydrogen-bond acceptors (Lipinski definition) is 3. The number of ether oxygens (including phenoxy) is 2. The predicted octanol–water partition coefficient (Wildman–Crippen LogP) is 2.65. The summed E-state index contributed by atoms with van der Waals surface area (Å²) < 4.78 is 10.0. The van der Waals surface area contributed by atoms with Crippen molar-refractivity contribution in [1.82, 2.24) is 0 Å². The van der Waals surface area contributed by atoms with Crippen LogP contribution in [0.5, 0.6) is 5.75 Å². The fraction of sp³-hybridized carbons (Fsp3) is 0.364. The molecule has 0 heterocycles. The van der Waals surface area contributed by atoms with Gasteiger partial charge in [0.05, 0.1) is 18.9 Å². The van der Waals surface area contributed by atoms with Crippen LogP contribution < -0.4 is 10.1 Å². The number of benzene rings is 1. The van der Waals surface area contributed by atoms with E-state index in [9.17, 15) is 4.79 Å². The molecule has 1 aromatic rings. The van der Waals surface area contributed by atoms with Crippen LogP contribution in [0.3, 0.4) is 0 Å². The van der Waals surface area contributed by atoms with Crippen LogP contribution in [0.2, 0.25) is 0 Å². The van der Waals surface area contributed by atoms with E-state index in [0.29, 0.717) is 11.4 Å². The number of methoxy groups -OCH3 is 1. The van der Waals surface area contributed by atoms with Gasteiger partial charge in [-0.15, -0.1) is 0 Å². The molecule has 82 valence electrons. The number of anilines is 1. The van der Waals surface area contributed by atoms with Gasteiger partial charge in [0.25, 0.3) is 0 Å². The summed E-state index contributed by atoms with van der Waals surface area (Å²) in [5, 5.41) is 2.58. The molecule has 0 aliphatic heterocycles. The summed E-state index contributed by atoms with van der Waals surface area (Å²) >= 11 is 0. The van der Waals surface area contributed by atoms with Gasteiger partial charge in [-0.1, -0.05) is 12.1 Å². The molecular weight excluding hydrogens is 194 g/mol. The standard InChI is InChI=1S/C11H15NO3/c1-8(2)15-10-7-5-4-6-9(10)12-11(13)14-3/h4-8H,1-3H3,(H,12,13). The highest BCUT2D eigenvalue weighted by Gasteiger charge is 2.07. The normalized spacial score (nSPS) is 9.87. The molecule has 15 heavy (non-hydrogen) atoms. The smallest absolute Gasteiger partial charge is 0.411 e. The van der Waals surface area contributed by atoms with Crippen molar-refractivity contribution in [2.24, 2.45) is 0 Å². The van der Waals surface area contributed by atoms with Crippen molar-refractivity contribution in [3.05, 3.63) is 24.3 Å². The average Bonchev–Trinajstić information content (AvgIpc) is 2.20. The van der Waals surface area contributed by atoms with E-state index >= 15 is 0 Å². The summed E-state index contributed by atoms with van der Waals surface area (Å²) in [7, 11) is 1.32. The zero-order valence-corrected chi connectivity index (χ0v) is 9.11. The number of amides is 1. The lowest BCUT2D eigenvalue weighted by atomic mass is 10.3. The quantitative estimate of drug-likeness (QED) is 0.832. The van der Waals surface area contributed by atoms with Crippen LogP contribution in [0, 0.1) is 0 Å². The zero-order chi connectivity index (χ0) is 11.3. The molecule has 0 unspecified atom stereocenters. The Morgan fingerprint density at radius 3 is 2.60 bits per heavy atom. The van der Waals surface area contributed by atoms with Crippen LogP contribution >= 0.6 is 0 Å². The molecule has 1 amide bonds. The molecule has 0 fully saturated rings. The Labute approximate surface area is 89.2 Å². The van der Waals surface area contributed by atoms with Crippen molar-refractivity contribution < 1.29 is 14.3 Å². The van der Waals surface area contributed by atoms with Gasteiger partial charge in [0.1, 0.15) is 5.75 Å². The molecule has 0 radical (unpaired) electrons. The van der Waals surface area contributed by atoms with Crippen LogP contribution in [0.15, 0.2) is 24.3 Å². The van der Waals surface area contributed by atoms with E-state index in [-0.39, 0.29) is 6.10 Å². The lowest BCUT2D eigenvalue weighted by Gasteiger charge is -2.14. The van der Waals surface area contributed by atoms with Crippen molar-refractivity contribution in [3.63, 3.8) is 0 Å². The van der Waals surface area contributed by atoms with Gasteiger partial charge in [-0.2, -0.15) is 0 Å². The first kappa shape index (κ1) is 11.4. The van der Waals surface area contributed by atoms with E-state index in [1.165, 1.54) is 7.11 Å². The summed E-state index contributed by atoms with van der Waals surface area (Å²) in [6, 6.07) is 7.22. The maximum Gasteiger partial charge on any atom is 0.411 e. The van der Waals surface area contributed by atoms with Crippen LogP contribution in [0.4, 0.5) is 10.5 Å². The number of carbonyl (C=O) groups is 1. The maximum absolute atomic E-state index is 11.0. The van der Waals surface area contributed by atoms with Gasteiger partial charge in [-0.3, -0.25) is 5.32 Å². The first-order valence-corrected chi connectivity index (χ1v) is 4.74. The highest BCUT2D eigenvalue weighted by molar-refractivity contribution is 5.86. The zero-order valence-electron chi connectivity index (χ0n) is 9.11. The second-order valence-electron chi connectivity index (χ2n) is 3.28. The Morgan fingerprint density at radius 2 is 2.00 bits per heavy atom. The minimum absolute atomic E-state index is 0.0607. The Hall–Kier alpha value is -1.71. The number of rotatable bonds is 3. The molecule has 4 heteroatoms. The van der Waals surface area contributed by atoms with Crippen molar-refractivity contribution in [1.29, 1.82) is 0 Å². The summed E-state index contributed by atoms with van der Waals surface area (Å²) in [6.07, 6.45) is -0.444. The van der Waals surface area contributed by atoms with Gasteiger partial charge in [0.2, 0.25) is 0 Å². The first-order chi connectivity index (χ1) is 7.13. The highest BCUT2D eigenvalue weighted by Crippen LogP contribution is 2.24. The molecule has 0 aliphatic rings. The molecule has 0 bridgehead atoms. The minimum atomic E-state index is -0.505. The minimum Gasteiger partial charge on any atom is -0.489 e. The number of carbonyl (C=O) groups excluding carboxylic acids is 1. The first-order valence-electron chi connectivity index (χ1n) is 4.74. The lowest BCUT2D eigenvalue weighted by molar-refractivity contribution is 0.186. The summed E-state index contributed by atoms with van der Waals surface area (Å²) in [5.41, 5.74) is 0.609. The van der Waals surface area contributed by atoms with Gasteiger partial charge in [-0.25, -0.2) is 4.79 Å². The SMILES string of the molecule is COC(=O)Nc1ccccc1OC(C)C. The van der Waals surface area contributed by atoms with E-state index in [4.69, 9.17) is 4.74 Å². The maximum atomic E-state index is 11.0. The second-order valence-corrected chi connectivity index (χ2v) is 3.28. The molecular formula is C11H15NO3. The van der Waals surface area contributed by atoms with E-state index in [0.717, 1.165) is 0 Å². The van der Waals surface area contributed by atoms with Gasteiger partial charge in [-0.05, 0) is 26.0 Å². The van der Waals surface area contributed by atoms with Gasteiger partial charge < -0.3 is 9.47 Å². The largest absolute Gasteiger partial charge is 0.489 e. The van der Waals surface area contributed by atoms with Crippen molar-refractivity contribution in [3.8, 4) is 5.75 Å². The Balaban J connectivity index is 2.81. The van der Waals surface area contributed by atoms with E-state index < -0.39 is 6.09 Å². The molecule has 4 nitrogen and oxygen atoms in total. The number of nitrogens with one attached hydrogen (secondary N) is 1. The molecule has 0 aliphatic carbocycles. The van der Waals surface area contributed by atoms with Gasteiger partial charge >= 0.3 is 6.09 Å². The molecule has 0 atom stereocenters. The highest BCUT2D eigenvalue weighted by atomic mass is 16.5. The summed E-state index contributed by atoms with van der Waals surface area (Å²) in [6.45, 7) is 3.85. The Bertz CT molecular complexity index is 336. The van der Waals surface area contributed by atoms with Crippen molar-refractivity contribution in [2.45, 2.75) is 20.0 Å². The van der Waals surface area contributed by atoms with Crippen molar-refractivity contribution >= 4 is 11.8 Å². The third kappa shape index (κ3) is 3.50. The summed E-state index contributed by atoms with van der Waals surface area (Å²) in [4.78, 5) is 11.0. The Morgan fingerprint density at radius 1 is 1.33 bits per heavy atom. The second kappa shape index (κ2) is 5.24. The number of hydrogen-bond donors (Lipinski definition) is 1. The molecule has 0 saturated carbocycles. The van der Waals surface area contributed by atoms with Crippen LogP contribution in [-0.2, 0) is 4.74 Å².